The lowest BCUT2D eigenvalue weighted by atomic mass is 10.2. The molecule has 0 aliphatic rings. The summed E-state index contributed by atoms with van der Waals surface area (Å²) in [7, 11) is 0. The first-order valence-electron chi connectivity index (χ1n) is 5.91. The molecule has 0 aliphatic carbocycles. The molecule has 0 aromatic heterocycles. The molecular weight excluding hydrogens is 248 g/mol. The number of hydrogen-bond acceptors (Lipinski definition) is 4. The van der Waals surface area contributed by atoms with Crippen LogP contribution in [0.3, 0.4) is 0 Å². The highest BCUT2D eigenvalue weighted by Gasteiger charge is 2.21. The van der Waals surface area contributed by atoms with Crippen LogP contribution in [0, 0.1) is 0 Å². The second-order valence-corrected chi connectivity index (χ2v) is 4.19. The van der Waals surface area contributed by atoms with E-state index in [1.165, 1.54) is 6.92 Å². The summed E-state index contributed by atoms with van der Waals surface area (Å²) in [6, 6.07) is 7.51. The van der Waals surface area contributed by atoms with Crippen molar-refractivity contribution >= 4 is 11.9 Å². The third-order valence-corrected chi connectivity index (χ3v) is 2.42. The van der Waals surface area contributed by atoms with Crippen molar-refractivity contribution in [1.29, 1.82) is 0 Å². The molecule has 1 aromatic rings. The van der Waals surface area contributed by atoms with Crippen molar-refractivity contribution in [2.75, 3.05) is 6.61 Å². The van der Waals surface area contributed by atoms with E-state index < -0.39 is 24.0 Å². The number of benzene rings is 1. The van der Waals surface area contributed by atoms with Crippen molar-refractivity contribution in [2.24, 2.45) is 5.73 Å². The third-order valence-electron chi connectivity index (χ3n) is 2.42. The van der Waals surface area contributed by atoms with Crippen LogP contribution >= 0.6 is 0 Å². The largest absolute Gasteiger partial charge is 0.480 e. The van der Waals surface area contributed by atoms with Crippen LogP contribution < -0.4 is 11.1 Å². The summed E-state index contributed by atoms with van der Waals surface area (Å²) in [6.07, 6.45) is 0. The lowest BCUT2D eigenvalue weighted by molar-refractivity contribution is -0.143. The minimum atomic E-state index is -1.15. The number of rotatable bonds is 7. The molecule has 6 nitrogen and oxygen atoms in total. The average Bonchev–Trinajstić information content (AvgIpc) is 2.38. The number of carboxylic acids is 1. The molecular formula is C13H18N2O4. The Morgan fingerprint density at radius 1 is 1.37 bits per heavy atom. The first-order chi connectivity index (χ1) is 9.00. The van der Waals surface area contributed by atoms with Crippen LogP contribution in [-0.4, -0.2) is 35.7 Å². The van der Waals surface area contributed by atoms with E-state index in [0.717, 1.165) is 5.56 Å². The number of carbonyl (C=O) groups is 2. The molecule has 1 rings (SSSR count). The van der Waals surface area contributed by atoms with Crippen LogP contribution in [0.5, 0.6) is 0 Å². The summed E-state index contributed by atoms with van der Waals surface area (Å²) in [5.74, 6) is -1.67. The quantitative estimate of drug-likeness (QED) is 0.650. The summed E-state index contributed by atoms with van der Waals surface area (Å²) in [5, 5.41) is 11.3. The molecule has 19 heavy (non-hydrogen) atoms. The van der Waals surface area contributed by atoms with E-state index in [1.54, 1.807) is 0 Å². The van der Waals surface area contributed by atoms with Crippen molar-refractivity contribution in [3.05, 3.63) is 35.9 Å². The summed E-state index contributed by atoms with van der Waals surface area (Å²) in [4.78, 5) is 22.3. The number of amides is 1. The predicted molar refractivity (Wildman–Crippen MR) is 69.3 cm³/mol. The van der Waals surface area contributed by atoms with Crippen molar-refractivity contribution < 1.29 is 19.4 Å². The molecule has 104 valence electrons. The van der Waals surface area contributed by atoms with Gasteiger partial charge in [-0.1, -0.05) is 30.3 Å². The summed E-state index contributed by atoms with van der Waals surface area (Å²) in [5.41, 5.74) is 6.29. The van der Waals surface area contributed by atoms with Crippen molar-refractivity contribution in [3.63, 3.8) is 0 Å². The van der Waals surface area contributed by atoms with Crippen LogP contribution in [0.2, 0.25) is 0 Å². The number of carbonyl (C=O) groups excluding carboxylic acids is 1. The topological polar surface area (TPSA) is 102 Å². The Kier molecular flexibility index (Phi) is 5.98. The highest BCUT2D eigenvalue weighted by molar-refractivity contribution is 5.86. The maximum atomic E-state index is 11.3. The summed E-state index contributed by atoms with van der Waals surface area (Å²) in [6.45, 7) is 1.67. The maximum absolute atomic E-state index is 11.3. The minimum absolute atomic E-state index is 0.108. The van der Waals surface area contributed by atoms with Gasteiger partial charge in [-0.05, 0) is 12.5 Å². The molecule has 0 bridgehead atoms. The van der Waals surface area contributed by atoms with Crippen LogP contribution in [0.4, 0.5) is 0 Å². The van der Waals surface area contributed by atoms with Gasteiger partial charge in [0, 0.05) is 0 Å². The zero-order chi connectivity index (χ0) is 14.3. The van der Waals surface area contributed by atoms with Crippen molar-refractivity contribution in [1.82, 2.24) is 5.32 Å². The maximum Gasteiger partial charge on any atom is 0.328 e. The summed E-state index contributed by atoms with van der Waals surface area (Å²) >= 11 is 0. The molecule has 0 fully saturated rings. The standard InChI is InChI=1S/C13H18N2O4/c1-9(14)12(16)15-11(13(17)18)8-19-7-10-5-3-2-4-6-10/h2-6,9,11H,7-8,14H2,1H3,(H,15,16)(H,17,18)/t9-,11-/m0/s1. The lowest BCUT2D eigenvalue weighted by Crippen LogP contribution is -2.49. The van der Waals surface area contributed by atoms with E-state index in [0.29, 0.717) is 6.61 Å². The van der Waals surface area contributed by atoms with Crippen LogP contribution in [0.1, 0.15) is 12.5 Å². The molecule has 6 heteroatoms. The third kappa shape index (κ3) is 5.50. The molecule has 4 N–H and O–H groups in total. The number of hydrogen-bond donors (Lipinski definition) is 3. The smallest absolute Gasteiger partial charge is 0.328 e. The van der Waals surface area contributed by atoms with Gasteiger partial charge >= 0.3 is 5.97 Å². The highest BCUT2D eigenvalue weighted by Crippen LogP contribution is 2.01. The molecule has 0 radical (unpaired) electrons. The van der Waals surface area contributed by atoms with E-state index in [-0.39, 0.29) is 6.61 Å². The Labute approximate surface area is 111 Å². The van der Waals surface area contributed by atoms with Crippen molar-refractivity contribution in [2.45, 2.75) is 25.6 Å². The predicted octanol–water partition coefficient (Wildman–Crippen LogP) is 0.120. The molecule has 1 amide bonds. The van der Waals surface area contributed by atoms with Crippen LogP contribution in [0.15, 0.2) is 30.3 Å². The zero-order valence-electron chi connectivity index (χ0n) is 10.7. The molecule has 1 aromatic carbocycles. The van der Waals surface area contributed by atoms with Crippen LogP contribution in [-0.2, 0) is 20.9 Å². The van der Waals surface area contributed by atoms with Gasteiger partial charge in [0.15, 0.2) is 6.04 Å². The van der Waals surface area contributed by atoms with Gasteiger partial charge in [0.1, 0.15) is 0 Å². The Morgan fingerprint density at radius 3 is 2.53 bits per heavy atom. The molecule has 0 saturated heterocycles. The van der Waals surface area contributed by atoms with Crippen LogP contribution in [0.25, 0.3) is 0 Å². The van der Waals surface area contributed by atoms with Gasteiger partial charge in [-0.3, -0.25) is 4.79 Å². The highest BCUT2D eigenvalue weighted by atomic mass is 16.5. The monoisotopic (exact) mass is 266 g/mol. The Balaban J connectivity index is 2.42. The van der Waals surface area contributed by atoms with Crippen molar-refractivity contribution in [3.8, 4) is 0 Å². The SMILES string of the molecule is C[C@H](N)C(=O)N[C@@H](COCc1ccccc1)C(=O)O. The number of ether oxygens (including phenoxy) is 1. The van der Waals surface area contributed by atoms with Gasteiger partial charge < -0.3 is 20.9 Å². The normalized spacial score (nSPS) is 13.6. The lowest BCUT2D eigenvalue weighted by Gasteiger charge is -2.16. The van der Waals surface area contributed by atoms with E-state index in [2.05, 4.69) is 5.32 Å². The van der Waals surface area contributed by atoms with E-state index in [4.69, 9.17) is 15.6 Å². The molecule has 0 aliphatic heterocycles. The molecule has 0 spiro atoms. The molecule has 0 heterocycles. The van der Waals surface area contributed by atoms with Gasteiger partial charge in [-0.15, -0.1) is 0 Å². The fraction of sp³-hybridized carbons (Fsp3) is 0.385. The van der Waals surface area contributed by atoms with Gasteiger partial charge in [0.2, 0.25) is 5.91 Å². The minimum Gasteiger partial charge on any atom is -0.480 e. The number of nitrogens with two attached hydrogens (primary N) is 1. The number of carboxylic acid groups (broad SMARTS) is 1. The first-order valence-corrected chi connectivity index (χ1v) is 5.91. The fourth-order valence-electron chi connectivity index (χ4n) is 1.35. The number of nitrogens with one attached hydrogen (secondary N) is 1. The number of aliphatic carboxylic acids is 1. The molecule has 0 unspecified atom stereocenters. The second kappa shape index (κ2) is 7.50. The van der Waals surface area contributed by atoms with E-state index in [9.17, 15) is 9.59 Å². The summed E-state index contributed by atoms with van der Waals surface area (Å²) < 4.78 is 5.29. The second-order valence-electron chi connectivity index (χ2n) is 4.19. The van der Waals surface area contributed by atoms with Gasteiger partial charge in [-0.25, -0.2) is 4.79 Å². The Morgan fingerprint density at radius 2 is 2.00 bits per heavy atom. The Hall–Kier alpha value is -1.92. The molecule has 2 atom stereocenters. The van der Waals surface area contributed by atoms with Gasteiger partial charge in [0.25, 0.3) is 0 Å². The zero-order valence-corrected chi connectivity index (χ0v) is 10.7. The van der Waals surface area contributed by atoms with Gasteiger partial charge in [-0.2, -0.15) is 0 Å². The fourth-order valence-corrected chi connectivity index (χ4v) is 1.35. The Bertz CT molecular complexity index is 420. The molecule has 0 saturated carbocycles. The van der Waals surface area contributed by atoms with Gasteiger partial charge in [0.05, 0.1) is 19.3 Å². The van der Waals surface area contributed by atoms with E-state index in [1.807, 2.05) is 30.3 Å². The average molecular weight is 266 g/mol. The first kappa shape index (κ1) is 15.1. The van der Waals surface area contributed by atoms with E-state index >= 15 is 0 Å².